The molecule has 17 N–H and O–H groups in total. The van der Waals surface area contributed by atoms with E-state index in [1.807, 2.05) is 20.1 Å². The summed E-state index contributed by atoms with van der Waals surface area (Å²) in [5, 5.41) is 24.3. The Balaban J connectivity index is 1.56. The first-order valence-electron chi connectivity index (χ1n) is 28.7. The van der Waals surface area contributed by atoms with Gasteiger partial charge in [-0.05, 0) is 113 Å². The highest BCUT2D eigenvalue weighted by Crippen LogP contribution is 2.21. The molecule has 2 heterocycles. The van der Waals surface area contributed by atoms with Crippen LogP contribution in [0.1, 0.15) is 108 Å². The molecule has 2 saturated heterocycles. The van der Waals surface area contributed by atoms with E-state index in [1.54, 1.807) is 60.7 Å². The lowest BCUT2D eigenvalue weighted by atomic mass is 10.0. The number of hydrogen-bond donors (Lipinski definition) is 13. The largest absolute Gasteiger partial charge is 0.370 e. The summed E-state index contributed by atoms with van der Waals surface area (Å²) in [6.07, 6.45) is 3.84. The molecular formula is C57H86N14O12S. The Morgan fingerprint density at radius 1 is 0.583 bits per heavy atom. The van der Waals surface area contributed by atoms with Crippen molar-refractivity contribution in [1.82, 2.24) is 52.8 Å². The minimum Gasteiger partial charge on any atom is -0.370 e. The lowest BCUT2D eigenvalue weighted by Crippen LogP contribution is -2.60. The van der Waals surface area contributed by atoms with E-state index >= 15 is 0 Å². The SMILES string of the molecule is CSCCC(NC(=O)C(CC(C)C)NC(=O)CNC(=O)C(Cc1ccccc1)NC(=O)C(Cc1ccccc1)NC(=O)C(CCC(N)=O)NC(=O)C(CCC(N)=O)NC(=O)C1CCCN1C(=O)C(CCCCN)NC(=O)C1CCCN1)C(N)=O. The van der Waals surface area contributed by atoms with Gasteiger partial charge in [0.15, 0.2) is 0 Å². The van der Waals surface area contributed by atoms with Crippen LogP contribution in [0.3, 0.4) is 0 Å². The smallest absolute Gasteiger partial charge is 0.245 e. The van der Waals surface area contributed by atoms with Crippen molar-refractivity contribution in [3.63, 3.8) is 0 Å². The van der Waals surface area contributed by atoms with Crippen LogP contribution in [0.15, 0.2) is 60.7 Å². The van der Waals surface area contributed by atoms with Gasteiger partial charge in [0, 0.05) is 32.2 Å². The van der Waals surface area contributed by atoms with Crippen LogP contribution in [0, 0.1) is 5.92 Å². The van der Waals surface area contributed by atoms with Crippen LogP contribution in [0.2, 0.25) is 0 Å². The van der Waals surface area contributed by atoms with Gasteiger partial charge in [0.2, 0.25) is 70.9 Å². The average molecular weight is 1190 g/mol. The number of benzene rings is 2. The van der Waals surface area contributed by atoms with E-state index in [0.29, 0.717) is 55.7 Å². The van der Waals surface area contributed by atoms with Crippen LogP contribution >= 0.6 is 11.8 Å². The average Bonchev–Trinajstić information content (AvgIpc) is 4.37. The highest BCUT2D eigenvalue weighted by Gasteiger charge is 2.40. The number of rotatable bonds is 37. The number of nitrogens with zero attached hydrogens (tertiary/aromatic N) is 1. The Morgan fingerprint density at radius 2 is 1.11 bits per heavy atom. The van der Waals surface area contributed by atoms with Crippen LogP contribution in [0.25, 0.3) is 0 Å². The molecule has 4 rings (SSSR count). The number of thioether (sulfide) groups is 1. The number of unbranched alkanes of at least 4 members (excludes halogenated alkanes) is 1. The van der Waals surface area contributed by atoms with Gasteiger partial charge in [0.05, 0.1) is 12.6 Å². The quantitative estimate of drug-likeness (QED) is 0.0316. The normalized spacial score (nSPS) is 17.2. The zero-order chi connectivity index (χ0) is 61.7. The first kappa shape index (κ1) is 68.8. The molecule has 2 aliphatic heterocycles. The number of amides is 12. The molecule has 27 heteroatoms. The molecule has 2 aliphatic rings. The molecule has 26 nitrogen and oxygen atoms in total. The van der Waals surface area contributed by atoms with E-state index in [0.717, 1.165) is 6.42 Å². The standard InChI is InChI=1S/C57H86N14O12S/c1-34(2)30-42(54(80)65-37(49(61)75)25-29-84-3)64-48(74)33-63-50(76)43(31-35-14-6-4-7-15-35)69-55(81)44(32-36-16-8-5-9-17-36)70-53(79)39(21-23-46(59)72)66-52(78)40(22-24-47(60)73)67-56(82)45-20-13-28-71(45)57(83)41(18-10-11-26-58)68-51(77)38-19-12-27-62-38/h4-9,14-17,34,37-45,62H,10-13,18-33,58H2,1-3H3,(H2,59,72)(H2,60,73)(H2,61,75)(H,63,76)(H,64,74)(H,65,80)(H,66,78)(H,67,82)(H,68,77)(H,69,81)(H,70,79). The molecule has 84 heavy (non-hydrogen) atoms. The molecule has 9 atom stereocenters. The predicted molar refractivity (Wildman–Crippen MR) is 314 cm³/mol. The number of carbonyl (C=O) groups is 12. The molecule has 462 valence electrons. The van der Waals surface area contributed by atoms with Gasteiger partial charge in [0.1, 0.15) is 48.3 Å². The lowest BCUT2D eigenvalue weighted by Gasteiger charge is -2.30. The van der Waals surface area contributed by atoms with E-state index in [-0.39, 0.29) is 63.3 Å². The Kier molecular flexibility index (Phi) is 29.6. The van der Waals surface area contributed by atoms with E-state index in [1.165, 1.54) is 16.7 Å². The summed E-state index contributed by atoms with van der Waals surface area (Å²) in [5.41, 5.74) is 23.5. The zero-order valence-electron chi connectivity index (χ0n) is 48.3. The van der Waals surface area contributed by atoms with Crippen molar-refractivity contribution in [1.29, 1.82) is 0 Å². The third-order valence-corrected chi connectivity index (χ3v) is 14.9. The van der Waals surface area contributed by atoms with Crippen LogP contribution in [-0.4, -0.2) is 168 Å². The summed E-state index contributed by atoms with van der Waals surface area (Å²) in [6, 6.07) is 6.57. The van der Waals surface area contributed by atoms with Crippen molar-refractivity contribution in [2.75, 3.05) is 38.2 Å². The van der Waals surface area contributed by atoms with E-state index < -0.39 is 145 Å². The Hall–Kier alpha value is -7.65. The van der Waals surface area contributed by atoms with Crippen molar-refractivity contribution in [3.05, 3.63) is 71.8 Å². The van der Waals surface area contributed by atoms with Gasteiger partial charge in [-0.25, -0.2) is 0 Å². The molecule has 2 aromatic carbocycles. The Bertz CT molecular complexity index is 2560. The molecule has 9 unspecified atom stereocenters. The first-order chi connectivity index (χ1) is 40.1. The molecule has 0 spiro atoms. The number of nitrogens with two attached hydrogens (primary N) is 4. The second-order valence-electron chi connectivity index (χ2n) is 21.5. The van der Waals surface area contributed by atoms with Crippen LogP contribution < -0.4 is 70.8 Å². The second-order valence-corrected chi connectivity index (χ2v) is 22.5. The monoisotopic (exact) mass is 1190 g/mol. The summed E-state index contributed by atoms with van der Waals surface area (Å²) < 4.78 is 0. The third-order valence-electron chi connectivity index (χ3n) is 14.3. The number of carbonyl (C=O) groups excluding carboxylic acids is 12. The van der Waals surface area contributed by atoms with Gasteiger partial charge in [-0.15, -0.1) is 0 Å². The number of hydrogen-bond acceptors (Lipinski definition) is 15. The molecule has 0 bridgehead atoms. The minimum absolute atomic E-state index is 0.0811. The Morgan fingerprint density at radius 3 is 1.63 bits per heavy atom. The summed E-state index contributed by atoms with van der Waals surface area (Å²) in [6.45, 7) is 4.23. The van der Waals surface area contributed by atoms with Crippen molar-refractivity contribution in [2.24, 2.45) is 28.9 Å². The fourth-order valence-corrected chi connectivity index (χ4v) is 10.3. The number of likely N-dealkylation sites (tertiary alicyclic amines) is 1. The van der Waals surface area contributed by atoms with Crippen molar-refractivity contribution >= 4 is 82.6 Å². The second kappa shape index (κ2) is 36.1. The summed E-state index contributed by atoms with van der Waals surface area (Å²) >= 11 is 1.46. The molecule has 0 aliphatic carbocycles. The lowest BCUT2D eigenvalue weighted by molar-refractivity contribution is -0.142. The fraction of sp³-hybridized carbons (Fsp3) is 0.579. The van der Waals surface area contributed by atoms with Crippen molar-refractivity contribution < 1.29 is 57.5 Å². The van der Waals surface area contributed by atoms with Gasteiger partial charge in [-0.2, -0.15) is 11.8 Å². The van der Waals surface area contributed by atoms with Crippen LogP contribution in [0.5, 0.6) is 0 Å². The maximum Gasteiger partial charge on any atom is 0.245 e. The third kappa shape index (κ3) is 23.9. The van der Waals surface area contributed by atoms with Gasteiger partial charge in [-0.3, -0.25) is 57.5 Å². The van der Waals surface area contributed by atoms with E-state index in [9.17, 15) is 57.5 Å². The number of primary amides is 3. The molecule has 2 fully saturated rings. The highest BCUT2D eigenvalue weighted by molar-refractivity contribution is 7.98. The summed E-state index contributed by atoms with van der Waals surface area (Å²) in [5.74, 6) is -8.55. The summed E-state index contributed by atoms with van der Waals surface area (Å²) in [4.78, 5) is 164. The zero-order valence-corrected chi connectivity index (χ0v) is 49.1. The van der Waals surface area contributed by atoms with Gasteiger partial charge >= 0.3 is 0 Å². The van der Waals surface area contributed by atoms with Gasteiger partial charge in [0.25, 0.3) is 0 Å². The minimum atomic E-state index is -1.60. The van der Waals surface area contributed by atoms with E-state index in [2.05, 4.69) is 47.9 Å². The highest BCUT2D eigenvalue weighted by atomic mass is 32.2. The molecular weight excluding hydrogens is 1100 g/mol. The predicted octanol–water partition coefficient (Wildman–Crippen LogP) is -2.33. The van der Waals surface area contributed by atoms with Crippen LogP contribution in [0.4, 0.5) is 0 Å². The number of nitrogens with one attached hydrogen (secondary N) is 9. The molecule has 0 saturated carbocycles. The maximum atomic E-state index is 14.6. The van der Waals surface area contributed by atoms with Crippen molar-refractivity contribution in [3.8, 4) is 0 Å². The fourth-order valence-electron chi connectivity index (χ4n) is 9.78. The Labute approximate surface area is 494 Å². The molecule has 12 amide bonds. The molecule has 2 aromatic rings. The van der Waals surface area contributed by atoms with Crippen molar-refractivity contribution in [2.45, 2.75) is 165 Å². The van der Waals surface area contributed by atoms with E-state index in [4.69, 9.17) is 22.9 Å². The van der Waals surface area contributed by atoms with Crippen LogP contribution in [-0.2, 0) is 70.4 Å². The molecule has 0 radical (unpaired) electrons. The maximum absolute atomic E-state index is 14.6. The first-order valence-corrected chi connectivity index (χ1v) is 30.1. The van der Waals surface area contributed by atoms with Gasteiger partial charge in [-0.1, -0.05) is 74.5 Å². The summed E-state index contributed by atoms with van der Waals surface area (Å²) in [7, 11) is 0. The topological polar surface area (TPSA) is 420 Å². The van der Waals surface area contributed by atoms with Gasteiger partial charge < -0.3 is 75.7 Å². The molecule has 0 aromatic heterocycles.